The van der Waals surface area contributed by atoms with E-state index < -0.39 is 0 Å². The number of methoxy groups -OCH3 is 1. The second kappa shape index (κ2) is 5.74. The molecule has 1 atom stereocenters. The average molecular weight is 300 g/mol. The first-order valence-corrected chi connectivity index (χ1v) is 6.76. The zero-order valence-electron chi connectivity index (χ0n) is 10.0. The molecule has 1 unspecified atom stereocenters. The van der Waals surface area contributed by atoms with Gasteiger partial charge >= 0.3 is 0 Å². The predicted octanol–water partition coefficient (Wildman–Crippen LogP) is 2.71. The molecule has 1 fully saturated rings. The molecule has 1 aliphatic heterocycles. The third-order valence-corrected chi connectivity index (χ3v) is 3.70. The van der Waals surface area contributed by atoms with E-state index in [0.29, 0.717) is 11.7 Å². The van der Waals surface area contributed by atoms with Crippen molar-refractivity contribution in [1.29, 1.82) is 0 Å². The van der Waals surface area contributed by atoms with Gasteiger partial charge in [0.05, 0.1) is 7.11 Å². The van der Waals surface area contributed by atoms with E-state index >= 15 is 0 Å². The Morgan fingerprint density at radius 2 is 2.35 bits per heavy atom. The molecule has 3 nitrogen and oxygen atoms in total. The molecule has 0 bridgehead atoms. The maximum Gasteiger partial charge on any atom is 0.161 e. The molecule has 1 aliphatic rings. The highest BCUT2D eigenvalue weighted by atomic mass is 79.9. The van der Waals surface area contributed by atoms with Gasteiger partial charge in [-0.05, 0) is 56.0 Å². The molecule has 4 heteroatoms. The van der Waals surface area contributed by atoms with Crippen LogP contribution in [0.15, 0.2) is 16.6 Å². The Morgan fingerprint density at radius 3 is 3.00 bits per heavy atom. The number of aromatic hydroxyl groups is 1. The molecule has 0 spiro atoms. The number of rotatable bonds is 3. The van der Waals surface area contributed by atoms with Crippen LogP contribution in [0, 0.1) is 5.92 Å². The van der Waals surface area contributed by atoms with Crippen LogP contribution in [0.2, 0.25) is 0 Å². The van der Waals surface area contributed by atoms with Crippen LogP contribution in [-0.2, 0) is 6.42 Å². The first-order valence-electron chi connectivity index (χ1n) is 5.97. The molecule has 1 saturated heterocycles. The molecular weight excluding hydrogens is 282 g/mol. The van der Waals surface area contributed by atoms with Crippen molar-refractivity contribution in [2.24, 2.45) is 5.92 Å². The smallest absolute Gasteiger partial charge is 0.161 e. The normalized spacial score (nSPS) is 20.2. The van der Waals surface area contributed by atoms with Crippen LogP contribution in [0.4, 0.5) is 0 Å². The van der Waals surface area contributed by atoms with Crippen LogP contribution < -0.4 is 10.1 Å². The maximum atomic E-state index is 10.1. The zero-order valence-corrected chi connectivity index (χ0v) is 11.6. The van der Waals surface area contributed by atoms with Gasteiger partial charge in [-0.25, -0.2) is 0 Å². The summed E-state index contributed by atoms with van der Waals surface area (Å²) in [5.74, 6) is 1.42. The van der Waals surface area contributed by atoms with Crippen LogP contribution in [0.25, 0.3) is 0 Å². The minimum absolute atomic E-state index is 0.279. The van der Waals surface area contributed by atoms with Gasteiger partial charge in [-0.1, -0.05) is 15.9 Å². The van der Waals surface area contributed by atoms with Crippen molar-refractivity contribution in [3.63, 3.8) is 0 Å². The van der Waals surface area contributed by atoms with Crippen molar-refractivity contribution < 1.29 is 9.84 Å². The first-order chi connectivity index (χ1) is 8.20. The summed E-state index contributed by atoms with van der Waals surface area (Å²) in [4.78, 5) is 0. The lowest BCUT2D eigenvalue weighted by atomic mass is 9.92. The maximum absolute atomic E-state index is 10.1. The molecule has 0 amide bonds. The Morgan fingerprint density at radius 1 is 1.53 bits per heavy atom. The highest BCUT2D eigenvalue weighted by Crippen LogP contribution is 2.35. The van der Waals surface area contributed by atoms with Gasteiger partial charge in [0, 0.05) is 4.47 Å². The Hall–Kier alpha value is -0.740. The first kappa shape index (κ1) is 12.7. The van der Waals surface area contributed by atoms with E-state index in [4.69, 9.17) is 4.74 Å². The number of phenolic OH excluding ortho intramolecular Hbond substituents is 1. The minimum atomic E-state index is 0.279. The predicted molar refractivity (Wildman–Crippen MR) is 71.7 cm³/mol. The standard InChI is InChI=1S/C13H18BrNO2/c1-17-12-7-11(14)6-10(13(12)16)5-9-3-2-4-15-8-9/h6-7,9,15-16H,2-5,8H2,1H3. The molecule has 1 aromatic rings. The highest BCUT2D eigenvalue weighted by molar-refractivity contribution is 9.10. The molecule has 2 rings (SSSR count). The lowest BCUT2D eigenvalue weighted by Crippen LogP contribution is -2.30. The largest absolute Gasteiger partial charge is 0.504 e. The van der Waals surface area contributed by atoms with Gasteiger partial charge in [0.25, 0.3) is 0 Å². The Balaban J connectivity index is 2.16. The number of nitrogens with one attached hydrogen (secondary N) is 1. The summed E-state index contributed by atoms with van der Waals surface area (Å²) in [6.07, 6.45) is 3.34. The van der Waals surface area contributed by atoms with Gasteiger partial charge in [-0.15, -0.1) is 0 Å². The molecule has 94 valence electrons. The molecule has 0 saturated carbocycles. The fourth-order valence-corrected chi connectivity index (χ4v) is 2.83. The van der Waals surface area contributed by atoms with Crippen molar-refractivity contribution in [2.45, 2.75) is 19.3 Å². The lowest BCUT2D eigenvalue weighted by molar-refractivity contribution is 0.353. The lowest BCUT2D eigenvalue weighted by Gasteiger charge is -2.23. The monoisotopic (exact) mass is 299 g/mol. The second-order valence-corrected chi connectivity index (χ2v) is 5.45. The van der Waals surface area contributed by atoms with Gasteiger partial charge in [-0.2, -0.15) is 0 Å². The quantitative estimate of drug-likeness (QED) is 0.902. The Kier molecular flexibility index (Phi) is 4.29. The van der Waals surface area contributed by atoms with Crippen LogP contribution in [0.3, 0.4) is 0 Å². The molecule has 1 aromatic carbocycles. The van der Waals surface area contributed by atoms with E-state index in [1.54, 1.807) is 13.2 Å². The fraction of sp³-hybridized carbons (Fsp3) is 0.538. The minimum Gasteiger partial charge on any atom is -0.504 e. The number of hydrogen-bond donors (Lipinski definition) is 2. The highest BCUT2D eigenvalue weighted by Gasteiger charge is 2.17. The molecule has 0 aromatic heterocycles. The Bertz CT molecular complexity index is 389. The number of benzene rings is 1. The number of phenols is 1. The molecule has 1 heterocycles. The third kappa shape index (κ3) is 3.13. The van der Waals surface area contributed by atoms with Crippen LogP contribution in [0.1, 0.15) is 18.4 Å². The average Bonchev–Trinajstić information content (AvgIpc) is 2.34. The zero-order chi connectivity index (χ0) is 12.3. The second-order valence-electron chi connectivity index (χ2n) is 4.53. The van der Waals surface area contributed by atoms with E-state index in [1.165, 1.54) is 12.8 Å². The SMILES string of the molecule is COc1cc(Br)cc(CC2CCCNC2)c1O. The topological polar surface area (TPSA) is 41.5 Å². The Labute approximate surface area is 110 Å². The number of halogens is 1. The third-order valence-electron chi connectivity index (χ3n) is 3.25. The van der Waals surface area contributed by atoms with E-state index in [9.17, 15) is 5.11 Å². The van der Waals surface area contributed by atoms with Crippen molar-refractivity contribution in [3.05, 3.63) is 22.2 Å². The summed E-state index contributed by atoms with van der Waals surface area (Å²) in [5, 5.41) is 13.5. The van der Waals surface area contributed by atoms with Crippen LogP contribution in [-0.4, -0.2) is 25.3 Å². The molecule has 2 N–H and O–H groups in total. The van der Waals surface area contributed by atoms with Crippen molar-refractivity contribution in [1.82, 2.24) is 5.32 Å². The summed E-state index contributed by atoms with van der Waals surface area (Å²) >= 11 is 3.45. The summed E-state index contributed by atoms with van der Waals surface area (Å²) < 4.78 is 6.11. The van der Waals surface area contributed by atoms with Crippen molar-refractivity contribution in [3.8, 4) is 11.5 Å². The van der Waals surface area contributed by atoms with E-state index in [2.05, 4.69) is 21.2 Å². The van der Waals surface area contributed by atoms with Crippen LogP contribution in [0.5, 0.6) is 11.5 Å². The summed E-state index contributed by atoms with van der Waals surface area (Å²) in [6.45, 7) is 2.15. The van der Waals surface area contributed by atoms with Gasteiger partial charge < -0.3 is 15.2 Å². The van der Waals surface area contributed by atoms with Gasteiger partial charge in [0.15, 0.2) is 11.5 Å². The number of hydrogen-bond acceptors (Lipinski definition) is 3. The van der Waals surface area contributed by atoms with E-state index in [-0.39, 0.29) is 5.75 Å². The van der Waals surface area contributed by atoms with Crippen molar-refractivity contribution in [2.75, 3.05) is 20.2 Å². The summed E-state index contributed by atoms with van der Waals surface area (Å²) in [7, 11) is 1.58. The summed E-state index contributed by atoms with van der Waals surface area (Å²) in [6, 6.07) is 3.77. The van der Waals surface area contributed by atoms with Crippen molar-refractivity contribution >= 4 is 15.9 Å². The number of piperidine rings is 1. The molecular formula is C13H18BrNO2. The van der Waals surface area contributed by atoms with Gasteiger partial charge in [0.2, 0.25) is 0 Å². The van der Waals surface area contributed by atoms with Gasteiger partial charge in [0.1, 0.15) is 0 Å². The molecule has 0 radical (unpaired) electrons. The molecule has 0 aliphatic carbocycles. The van der Waals surface area contributed by atoms with E-state index in [0.717, 1.165) is 29.5 Å². The summed E-state index contributed by atoms with van der Waals surface area (Å²) in [5.41, 5.74) is 0.963. The van der Waals surface area contributed by atoms with Gasteiger partial charge in [-0.3, -0.25) is 0 Å². The fourth-order valence-electron chi connectivity index (χ4n) is 2.35. The van der Waals surface area contributed by atoms with E-state index in [1.807, 2.05) is 6.07 Å². The molecule has 17 heavy (non-hydrogen) atoms. The van der Waals surface area contributed by atoms with Crippen LogP contribution >= 0.6 is 15.9 Å². The number of ether oxygens (including phenoxy) is 1.